The summed E-state index contributed by atoms with van der Waals surface area (Å²) in [5, 5.41) is 6.48. The third-order valence-corrected chi connectivity index (χ3v) is 5.36. The Labute approximate surface area is 200 Å². The molecule has 36 heavy (non-hydrogen) atoms. The summed E-state index contributed by atoms with van der Waals surface area (Å²) in [6.07, 6.45) is -3.00. The van der Waals surface area contributed by atoms with Crippen LogP contribution in [0.5, 0.6) is 0 Å². The number of nitrogens with zero attached hydrogens (tertiary/aromatic N) is 4. The summed E-state index contributed by atoms with van der Waals surface area (Å²) >= 11 is 0. The van der Waals surface area contributed by atoms with Crippen LogP contribution in [0, 0.1) is 5.82 Å². The Kier molecular flexibility index (Phi) is 6.00. The maximum atomic E-state index is 13.2. The van der Waals surface area contributed by atoms with Crippen LogP contribution in [0.3, 0.4) is 0 Å². The first kappa shape index (κ1) is 23.3. The van der Waals surface area contributed by atoms with Gasteiger partial charge < -0.3 is 13.5 Å². The minimum absolute atomic E-state index is 0.0528. The number of amides is 1. The number of hydrogen-bond donors (Lipinski definition) is 1. The van der Waals surface area contributed by atoms with Crippen LogP contribution in [0.2, 0.25) is 0 Å². The van der Waals surface area contributed by atoms with Crippen LogP contribution in [-0.2, 0) is 23.9 Å². The van der Waals surface area contributed by atoms with Gasteiger partial charge in [-0.1, -0.05) is 5.16 Å². The maximum absolute atomic E-state index is 13.2. The normalized spacial score (nSPS) is 11.8. The molecule has 3 heterocycles. The van der Waals surface area contributed by atoms with E-state index >= 15 is 0 Å². The SMILES string of the molecule is O=C(CCc1nc(-c2ccc(F)cc2)no1)Nc1nc2cc(C(F)(F)F)ccc2n1Cc1ccco1. The molecule has 0 aliphatic heterocycles. The average molecular weight is 499 g/mol. The fourth-order valence-electron chi connectivity index (χ4n) is 3.60. The summed E-state index contributed by atoms with van der Waals surface area (Å²) in [5.74, 6) is 0.206. The molecule has 8 nitrogen and oxygen atoms in total. The number of aromatic nitrogens is 4. The fourth-order valence-corrected chi connectivity index (χ4v) is 3.60. The number of carbonyl (C=O) groups excluding carboxylic acids is 1. The number of halogens is 4. The molecule has 0 radical (unpaired) electrons. The molecule has 1 N–H and O–H groups in total. The Morgan fingerprint density at radius 1 is 1.06 bits per heavy atom. The van der Waals surface area contributed by atoms with E-state index in [9.17, 15) is 22.4 Å². The van der Waals surface area contributed by atoms with Gasteiger partial charge in [0.25, 0.3) is 0 Å². The van der Waals surface area contributed by atoms with Crippen LogP contribution in [0.15, 0.2) is 69.8 Å². The molecule has 0 bridgehead atoms. The van der Waals surface area contributed by atoms with Crippen molar-refractivity contribution in [3.8, 4) is 11.4 Å². The second-order valence-electron chi connectivity index (χ2n) is 7.87. The second-order valence-corrected chi connectivity index (χ2v) is 7.87. The van der Waals surface area contributed by atoms with Crippen molar-refractivity contribution in [1.29, 1.82) is 0 Å². The minimum atomic E-state index is -4.53. The molecule has 184 valence electrons. The maximum Gasteiger partial charge on any atom is 0.416 e. The van der Waals surface area contributed by atoms with E-state index in [4.69, 9.17) is 8.94 Å². The van der Waals surface area contributed by atoms with Gasteiger partial charge in [0.05, 0.1) is 29.4 Å². The van der Waals surface area contributed by atoms with E-state index in [-0.39, 0.29) is 42.6 Å². The standard InChI is InChI=1S/C24H17F4N5O3/c25-16-6-3-14(4-7-16)22-31-21(36-32-22)10-9-20(34)30-23-29-18-12-15(24(26,27)28)5-8-19(18)33(23)13-17-2-1-11-35-17/h1-8,11-12H,9-10,13H2,(H,29,30,34). The molecule has 0 spiro atoms. The Balaban J connectivity index is 1.33. The number of benzene rings is 2. The zero-order valence-electron chi connectivity index (χ0n) is 18.4. The van der Waals surface area contributed by atoms with Gasteiger partial charge in [0.1, 0.15) is 11.6 Å². The van der Waals surface area contributed by atoms with Gasteiger partial charge >= 0.3 is 6.18 Å². The Morgan fingerprint density at radius 3 is 2.58 bits per heavy atom. The van der Waals surface area contributed by atoms with E-state index in [1.807, 2.05) is 0 Å². The van der Waals surface area contributed by atoms with Gasteiger partial charge in [-0.05, 0) is 54.6 Å². The molecule has 0 aliphatic rings. The lowest BCUT2D eigenvalue weighted by Gasteiger charge is -2.09. The van der Waals surface area contributed by atoms with Crippen LogP contribution < -0.4 is 5.32 Å². The molecule has 0 saturated heterocycles. The van der Waals surface area contributed by atoms with Crippen LogP contribution in [0.25, 0.3) is 22.4 Å². The van der Waals surface area contributed by atoms with Crippen LogP contribution in [-0.4, -0.2) is 25.6 Å². The number of hydrogen-bond acceptors (Lipinski definition) is 6. The van der Waals surface area contributed by atoms with Gasteiger partial charge in [-0.3, -0.25) is 10.1 Å². The van der Waals surface area contributed by atoms with Crippen molar-refractivity contribution in [3.05, 3.63) is 83.9 Å². The van der Waals surface area contributed by atoms with E-state index in [0.717, 1.165) is 12.1 Å². The van der Waals surface area contributed by atoms with Gasteiger partial charge in [0, 0.05) is 18.4 Å². The second kappa shape index (κ2) is 9.29. The van der Waals surface area contributed by atoms with E-state index in [1.54, 1.807) is 16.7 Å². The molecule has 0 fully saturated rings. The van der Waals surface area contributed by atoms with Crippen LogP contribution in [0.1, 0.15) is 23.6 Å². The average Bonchev–Trinajstić information content (AvgIpc) is 3.59. The zero-order valence-corrected chi connectivity index (χ0v) is 18.4. The Morgan fingerprint density at radius 2 is 1.86 bits per heavy atom. The molecule has 12 heteroatoms. The van der Waals surface area contributed by atoms with E-state index in [1.165, 1.54) is 36.6 Å². The van der Waals surface area contributed by atoms with Gasteiger partial charge in [-0.25, -0.2) is 9.37 Å². The molecule has 2 aromatic carbocycles. The van der Waals surface area contributed by atoms with Gasteiger partial charge in [-0.15, -0.1) is 0 Å². The first-order chi connectivity index (χ1) is 17.3. The van der Waals surface area contributed by atoms with E-state index in [0.29, 0.717) is 16.8 Å². The molecular formula is C24H17F4N5O3. The van der Waals surface area contributed by atoms with Crippen molar-refractivity contribution < 1.29 is 31.3 Å². The van der Waals surface area contributed by atoms with Crippen LogP contribution in [0.4, 0.5) is 23.5 Å². The van der Waals surface area contributed by atoms with Gasteiger partial charge in [-0.2, -0.15) is 18.2 Å². The predicted molar refractivity (Wildman–Crippen MR) is 119 cm³/mol. The summed E-state index contributed by atoms with van der Waals surface area (Å²) < 4.78 is 64.7. The number of aryl methyl sites for hydroxylation is 1. The van der Waals surface area contributed by atoms with Crippen molar-refractivity contribution in [2.75, 3.05) is 5.32 Å². The molecular weight excluding hydrogens is 482 g/mol. The van der Waals surface area contributed by atoms with Gasteiger partial charge in [0.15, 0.2) is 0 Å². The lowest BCUT2D eigenvalue weighted by molar-refractivity contribution is -0.137. The Hall–Kier alpha value is -4.48. The van der Waals surface area contributed by atoms with Crippen molar-refractivity contribution in [2.24, 2.45) is 0 Å². The first-order valence-corrected chi connectivity index (χ1v) is 10.7. The number of fused-ring (bicyclic) bond motifs is 1. The Bertz CT molecular complexity index is 1510. The first-order valence-electron chi connectivity index (χ1n) is 10.7. The lowest BCUT2D eigenvalue weighted by atomic mass is 10.2. The zero-order chi connectivity index (χ0) is 25.3. The molecule has 5 rings (SSSR count). The van der Waals surface area contributed by atoms with E-state index < -0.39 is 23.5 Å². The number of imidazole rings is 1. The molecule has 5 aromatic rings. The largest absolute Gasteiger partial charge is 0.467 e. The highest BCUT2D eigenvalue weighted by Crippen LogP contribution is 2.32. The summed E-state index contributed by atoms with van der Waals surface area (Å²) in [5.41, 5.74) is 0.188. The number of rotatable bonds is 7. The van der Waals surface area contributed by atoms with Crippen LogP contribution >= 0.6 is 0 Å². The highest BCUT2D eigenvalue weighted by Gasteiger charge is 2.31. The van der Waals surface area contributed by atoms with Gasteiger partial charge in [0.2, 0.25) is 23.6 Å². The summed E-state index contributed by atoms with van der Waals surface area (Å²) in [6, 6.07) is 12.1. The quantitative estimate of drug-likeness (QED) is 0.299. The lowest BCUT2D eigenvalue weighted by Crippen LogP contribution is -2.16. The number of furan rings is 1. The highest BCUT2D eigenvalue weighted by atomic mass is 19.4. The third kappa shape index (κ3) is 4.97. The van der Waals surface area contributed by atoms with Crippen molar-refractivity contribution in [2.45, 2.75) is 25.6 Å². The molecule has 0 atom stereocenters. The monoisotopic (exact) mass is 499 g/mol. The van der Waals surface area contributed by atoms with Crippen molar-refractivity contribution in [3.63, 3.8) is 0 Å². The topological polar surface area (TPSA) is 99.0 Å². The molecule has 3 aromatic heterocycles. The molecule has 0 aliphatic carbocycles. The number of anilines is 1. The van der Waals surface area contributed by atoms with Crippen molar-refractivity contribution in [1.82, 2.24) is 19.7 Å². The number of nitrogens with one attached hydrogen (secondary N) is 1. The number of carbonyl (C=O) groups is 1. The third-order valence-electron chi connectivity index (χ3n) is 5.36. The summed E-state index contributed by atoms with van der Waals surface area (Å²) in [7, 11) is 0. The highest BCUT2D eigenvalue weighted by molar-refractivity contribution is 5.91. The molecule has 1 amide bonds. The number of alkyl halides is 3. The molecule has 0 saturated carbocycles. The predicted octanol–water partition coefficient (Wildman–Crippen LogP) is 5.46. The van der Waals surface area contributed by atoms with E-state index in [2.05, 4.69) is 20.4 Å². The minimum Gasteiger partial charge on any atom is -0.467 e. The summed E-state index contributed by atoms with van der Waals surface area (Å²) in [4.78, 5) is 21.1. The summed E-state index contributed by atoms with van der Waals surface area (Å²) in [6.45, 7) is 0.148. The fraction of sp³-hybridized carbons (Fsp3) is 0.167. The molecule has 0 unspecified atom stereocenters. The van der Waals surface area contributed by atoms with Crippen molar-refractivity contribution >= 4 is 22.9 Å². The smallest absolute Gasteiger partial charge is 0.416 e.